The molecule has 0 saturated heterocycles. The first kappa shape index (κ1) is 19.5. The summed E-state index contributed by atoms with van der Waals surface area (Å²) < 4.78 is 15.4. The van der Waals surface area contributed by atoms with Crippen molar-refractivity contribution in [3.8, 4) is 11.5 Å². The standard InChI is InChI=1S/C18H25NO5/c1-13(2)10-11-19-16(20)12-24-17(21)9-8-14-6-5-7-15(22-3)18(14)23-4/h5-9,13H,10-12H2,1-4H3,(H,19,20)/b9-8+. The predicted molar refractivity (Wildman–Crippen MR) is 92.0 cm³/mol. The van der Waals surface area contributed by atoms with Crippen LogP contribution in [0.1, 0.15) is 25.8 Å². The molecule has 0 atom stereocenters. The van der Waals surface area contributed by atoms with E-state index in [9.17, 15) is 9.59 Å². The van der Waals surface area contributed by atoms with Crippen molar-refractivity contribution in [2.24, 2.45) is 5.92 Å². The number of carbonyl (C=O) groups is 2. The van der Waals surface area contributed by atoms with E-state index >= 15 is 0 Å². The highest BCUT2D eigenvalue weighted by Gasteiger charge is 2.08. The summed E-state index contributed by atoms with van der Waals surface area (Å²) in [6.45, 7) is 4.43. The van der Waals surface area contributed by atoms with Gasteiger partial charge in [0.1, 0.15) is 0 Å². The van der Waals surface area contributed by atoms with Crippen molar-refractivity contribution >= 4 is 18.0 Å². The van der Waals surface area contributed by atoms with Crippen LogP contribution in [0.3, 0.4) is 0 Å². The Labute approximate surface area is 142 Å². The van der Waals surface area contributed by atoms with Gasteiger partial charge < -0.3 is 19.5 Å². The summed E-state index contributed by atoms with van der Waals surface area (Å²) in [7, 11) is 3.06. The molecule has 0 fully saturated rings. The summed E-state index contributed by atoms with van der Waals surface area (Å²) in [4.78, 5) is 23.2. The van der Waals surface area contributed by atoms with Crippen LogP contribution < -0.4 is 14.8 Å². The van der Waals surface area contributed by atoms with Gasteiger partial charge in [0.15, 0.2) is 18.1 Å². The molecule has 0 heterocycles. The molecule has 0 radical (unpaired) electrons. The van der Waals surface area contributed by atoms with Crippen LogP contribution in [0.4, 0.5) is 0 Å². The maximum atomic E-state index is 11.7. The van der Waals surface area contributed by atoms with Gasteiger partial charge in [-0.2, -0.15) is 0 Å². The molecule has 132 valence electrons. The van der Waals surface area contributed by atoms with Crippen molar-refractivity contribution in [1.29, 1.82) is 0 Å². The monoisotopic (exact) mass is 335 g/mol. The minimum Gasteiger partial charge on any atom is -0.493 e. The van der Waals surface area contributed by atoms with Gasteiger partial charge in [0.25, 0.3) is 5.91 Å². The van der Waals surface area contributed by atoms with E-state index < -0.39 is 5.97 Å². The number of methoxy groups -OCH3 is 2. The summed E-state index contributed by atoms with van der Waals surface area (Å²) in [5, 5.41) is 2.70. The molecule has 1 amide bonds. The number of carbonyl (C=O) groups excluding carboxylic acids is 2. The Morgan fingerprint density at radius 3 is 2.58 bits per heavy atom. The molecule has 1 rings (SSSR count). The number of rotatable bonds is 9. The summed E-state index contributed by atoms with van der Waals surface area (Å²) >= 11 is 0. The summed E-state index contributed by atoms with van der Waals surface area (Å²) in [6.07, 6.45) is 3.69. The SMILES string of the molecule is COc1cccc(/C=C/C(=O)OCC(=O)NCCC(C)C)c1OC. The molecule has 0 aliphatic rings. The number of nitrogens with one attached hydrogen (secondary N) is 1. The molecule has 0 aromatic heterocycles. The van der Waals surface area contributed by atoms with E-state index in [2.05, 4.69) is 19.2 Å². The minimum absolute atomic E-state index is 0.295. The van der Waals surface area contributed by atoms with E-state index in [1.54, 1.807) is 24.3 Å². The fraction of sp³-hybridized carbons (Fsp3) is 0.444. The van der Waals surface area contributed by atoms with Crippen molar-refractivity contribution in [3.63, 3.8) is 0 Å². The normalized spacial score (nSPS) is 10.7. The topological polar surface area (TPSA) is 73.9 Å². The van der Waals surface area contributed by atoms with E-state index in [1.807, 2.05) is 0 Å². The molecule has 0 bridgehead atoms. The lowest BCUT2D eigenvalue weighted by Gasteiger charge is -2.09. The van der Waals surface area contributed by atoms with Gasteiger partial charge in [-0.15, -0.1) is 0 Å². The van der Waals surface area contributed by atoms with Crippen LogP contribution in [0.15, 0.2) is 24.3 Å². The maximum Gasteiger partial charge on any atom is 0.331 e. The van der Waals surface area contributed by atoms with Gasteiger partial charge in [0, 0.05) is 18.2 Å². The van der Waals surface area contributed by atoms with Crippen molar-refractivity contribution < 1.29 is 23.8 Å². The van der Waals surface area contributed by atoms with Crippen LogP contribution in [-0.2, 0) is 14.3 Å². The molecule has 1 N–H and O–H groups in total. The fourth-order valence-electron chi connectivity index (χ4n) is 1.94. The van der Waals surface area contributed by atoms with Gasteiger partial charge in [-0.25, -0.2) is 4.79 Å². The van der Waals surface area contributed by atoms with Gasteiger partial charge in [-0.05, 0) is 24.5 Å². The van der Waals surface area contributed by atoms with Crippen LogP contribution in [0.5, 0.6) is 11.5 Å². The zero-order valence-electron chi connectivity index (χ0n) is 14.6. The van der Waals surface area contributed by atoms with E-state index in [4.69, 9.17) is 14.2 Å². The second kappa shape index (κ2) is 10.3. The highest BCUT2D eigenvalue weighted by Crippen LogP contribution is 2.31. The van der Waals surface area contributed by atoms with Crippen molar-refractivity contribution in [2.45, 2.75) is 20.3 Å². The molecule has 0 aliphatic carbocycles. The number of hydrogen-bond donors (Lipinski definition) is 1. The number of ether oxygens (including phenoxy) is 3. The van der Waals surface area contributed by atoms with Crippen molar-refractivity contribution in [1.82, 2.24) is 5.32 Å². The first-order valence-electron chi connectivity index (χ1n) is 7.80. The van der Waals surface area contributed by atoms with Gasteiger partial charge in [-0.1, -0.05) is 26.0 Å². The molecule has 1 aromatic carbocycles. The summed E-state index contributed by atoms with van der Waals surface area (Å²) in [5.41, 5.74) is 0.676. The van der Waals surface area contributed by atoms with Crippen LogP contribution in [0.2, 0.25) is 0 Å². The Morgan fingerprint density at radius 1 is 1.21 bits per heavy atom. The number of esters is 1. The fourth-order valence-corrected chi connectivity index (χ4v) is 1.94. The molecule has 0 aliphatic heterocycles. The molecular formula is C18H25NO5. The minimum atomic E-state index is -0.598. The summed E-state index contributed by atoms with van der Waals surface area (Å²) in [6, 6.07) is 5.33. The molecular weight excluding hydrogens is 310 g/mol. The lowest BCUT2D eigenvalue weighted by atomic mass is 10.1. The highest BCUT2D eigenvalue weighted by atomic mass is 16.5. The lowest BCUT2D eigenvalue weighted by molar-refractivity contribution is -0.143. The Morgan fingerprint density at radius 2 is 1.96 bits per heavy atom. The van der Waals surface area contributed by atoms with Crippen LogP contribution >= 0.6 is 0 Å². The largest absolute Gasteiger partial charge is 0.493 e. The molecule has 0 spiro atoms. The third kappa shape index (κ3) is 6.73. The van der Waals surface area contributed by atoms with E-state index in [-0.39, 0.29) is 12.5 Å². The summed E-state index contributed by atoms with van der Waals surface area (Å²) in [5.74, 6) is 0.692. The average molecular weight is 335 g/mol. The van der Waals surface area contributed by atoms with Crippen molar-refractivity contribution in [2.75, 3.05) is 27.4 Å². The maximum absolute atomic E-state index is 11.7. The van der Waals surface area contributed by atoms with Gasteiger partial charge in [0.2, 0.25) is 0 Å². The number of para-hydroxylation sites is 1. The van der Waals surface area contributed by atoms with Crippen LogP contribution in [0.25, 0.3) is 6.08 Å². The van der Waals surface area contributed by atoms with E-state index in [0.717, 1.165) is 6.42 Å². The molecule has 6 heteroatoms. The van der Waals surface area contributed by atoms with Crippen LogP contribution in [0, 0.1) is 5.92 Å². The Kier molecular flexibility index (Phi) is 8.39. The molecule has 6 nitrogen and oxygen atoms in total. The third-order valence-corrected chi connectivity index (χ3v) is 3.22. The molecule has 1 aromatic rings. The number of benzene rings is 1. The lowest BCUT2D eigenvalue weighted by Crippen LogP contribution is -2.29. The first-order chi connectivity index (χ1) is 11.5. The third-order valence-electron chi connectivity index (χ3n) is 3.22. The first-order valence-corrected chi connectivity index (χ1v) is 7.80. The predicted octanol–water partition coefficient (Wildman–Crippen LogP) is 2.42. The Hall–Kier alpha value is -2.50. The molecule has 0 saturated carbocycles. The second-order valence-electron chi connectivity index (χ2n) is 5.56. The Balaban J connectivity index is 2.50. The quantitative estimate of drug-likeness (QED) is 0.554. The van der Waals surface area contributed by atoms with Gasteiger partial charge in [0.05, 0.1) is 14.2 Å². The van der Waals surface area contributed by atoms with Gasteiger partial charge >= 0.3 is 5.97 Å². The average Bonchev–Trinajstić information content (AvgIpc) is 2.57. The second-order valence-corrected chi connectivity index (χ2v) is 5.56. The van der Waals surface area contributed by atoms with E-state index in [1.165, 1.54) is 20.3 Å². The zero-order chi connectivity index (χ0) is 17.9. The van der Waals surface area contributed by atoms with Gasteiger partial charge in [-0.3, -0.25) is 4.79 Å². The molecule has 0 unspecified atom stereocenters. The van der Waals surface area contributed by atoms with Crippen molar-refractivity contribution in [3.05, 3.63) is 29.8 Å². The highest BCUT2D eigenvalue weighted by molar-refractivity contribution is 5.89. The van der Waals surface area contributed by atoms with Crippen LogP contribution in [-0.4, -0.2) is 39.2 Å². The number of hydrogen-bond acceptors (Lipinski definition) is 5. The van der Waals surface area contributed by atoms with E-state index in [0.29, 0.717) is 29.5 Å². The molecule has 24 heavy (non-hydrogen) atoms. The zero-order valence-corrected chi connectivity index (χ0v) is 14.6. The smallest absolute Gasteiger partial charge is 0.331 e. The Bertz CT molecular complexity index is 581. The number of amides is 1.